The number of nitrogens with zero attached hydrogens (tertiary/aromatic N) is 4. The summed E-state index contributed by atoms with van der Waals surface area (Å²) in [4.78, 5) is 56.0. The van der Waals surface area contributed by atoms with E-state index in [4.69, 9.17) is 15.2 Å². The zero-order valence-corrected chi connectivity index (χ0v) is 22.0. The number of ether oxygens (including phenoxy) is 2. The second-order valence-electron chi connectivity index (χ2n) is 9.56. The molecule has 0 aliphatic carbocycles. The summed E-state index contributed by atoms with van der Waals surface area (Å²) in [6, 6.07) is 16.8. The van der Waals surface area contributed by atoms with Crippen molar-refractivity contribution in [2.24, 2.45) is 5.73 Å². The Bertz CT molecular complexity index is 1470. The Morgan fingerprint density at radius 2 is 1.70 bits per heavy atom. The van der Waals surface area contributed by atoms with Gasteiger partial charge in [-0.15, -0.1) is 0 Å². The summed E-state index contributed by atoms with van der Waals surface area (Å²) in [5, 5.41) is 10.2. The van der Waals surface area contributed by atoms with Gasteiger partial charge in [0, 0.05) is 12.2 Å². The van der Waals surface area contributed by atoms with Crippen molar-refractivity contribution >= 4 is 29.6 Å². The first-order valence-electron chi connectivity index (χ1n) is 12.7. The summed E-state index contributed by atoms with van der Waals surface area (Å²) in [7, 11) is 2.36. The summed E-state index contributed by atoms with van der Waals surface area (Å²) in [6.45, 7) is 0.657. The van der Waals surface area contributed by atoms with Crippen molar-refractivity contribution in [1.82, 2.24) is 9.80 Å². The number of nitriles is 1. The Labute approximate surface area is 230 Å². The highest BCUT2D eigenvalue weighted by Gasteiger charge is 2.47. The molecule has 0 saturated carbocycles. The van der Waals surface area contributed by atoms with E-state index in [1.807, 2.05) is 0 Å². The Morgan fingerprint density at radius 3 is 2.30 bits per heavy atom. The lowest BCUT2D eigenvalue weighted by atomic mass is 9.81. The van der Waals surface area contributed by atoms with Gasteiger partial charge in [0.05, 0.1) is 43.9 Å². The molecule has 0 spiro atoms. The highest BCUT2D eigenvalue weighted by Crippen LogP contribution is 2.43. The summed E-state index contributed by atoms with van der Waals surface area (Å²) < 4.78 is 10.1. The van der Waals surface area contributed by atoms with Crippen LogP contribution < -0.4 is 10.6 Å². The first-order valence-corrected chi connectivity index (χ1v) is 12.7. The molecule has 204 valence electrons. The van der Waals surface area contributed by atoms with E-state index in [0.717, 1.165) is 6.42 Å². The van der Waals surface area contributed by atoms with Crippen LogP contribution in [0.3, 0.4) is 0 Å². The van der Waals surface area contributed by atoms with Crippen LogP contribution in [-0.2, 0) is 30.4 Å². The number of esters is 2. The van der Waals surface area contributed by atoms with E-state index >= 15 is 0 Å². The summed E-state index contributed by atoms with van der Waals surface area (Å²) in [5.41, 5.74) is 7.91. The number of anilines is 1. The van der Waals surface area contributed by atoms with Gasteiger partial charge in [0.15, 0.2) is 0 Å². The maximum atomic E-state index is 13.2. The molecule has 3 heterocycles. The van der Waals surface area contributed by atoms with E-state index in [9.17, 15) is 24.4 Å². The van der Waals surface area contributed by atoms with Crippen LogP contribution in [0.2, 0.25) is 0 Å². The summed E-state index contributed by atoms with van der Waals surface area (Å²) >= 11 is 0. The second kappa shape index (κ2) is 10.6. The SMILES string of the molecule is COC(=O)C1=C(C(=O)OC)N(c2ccc(CN3C(=O)C4CCCN4C3=O)cc2)C(N)=C(C#N)C1c1ccccc1. The number of hydrogen-bond donors (Lipinski definition) is 1. The monoisotopic (exact) mass is 541 g/mol. The Balaban J connectivity index is 1.56. The zero-order valence-electron chi connectivity index (χ0n) is 22.0. The Morgan fingerprint density at radius 1 is 1.02 bits per heavy atom. The fourth-order valence-electron chi connectivity index (χ4n) is 5.54. The van der Waals surface area contributed by atoms with Gasteiger partial charge in [-0.25, -0.2) is 14.4 Å². The molecule has 2 atom stereocenters. The fraction of sp³-hybridized carbons (Fsp3) is 0.276. The van der Waals surface area contributed by atoms with Crippen LogP contribution in [0.4, 0.5) is 10.5 Å². The van der Waals surface area contributed by atoms with Crippen molar-refractivity contribution in [2.75, 3.05) is 25.7 Å². The average molecular weight is 542 g/mol. The molecule has 11 heteroatoms. The van der Waals surface area contributed by atoms with Crippen LogP contribution in [0.25, 0.3) is 0 Å². The third kappa shape index (κ3) is 4.23. The van der Waals surface area contributed by atoms with Crippen molar-refractivity contribution in [3.05, 3.63) is 88.4 Å². The first-order chi connectivity index (χ1) is 19.3. The number of allylic oxidation sites excluding steroid dienone is 1. The van der Waals surface area contributed by atoms with Crippen molar-refractivity contribution < 1.29 is 28.7 Å². The topological polar surface area (TPSA) is 146 Å². The zero-order chi connectivity index (χ0) is 28.6. The highest BCUT2D eigenvalue weighted by molar-refractivity contribution is 6.06. The first kappa shape index (κ1) is 26.5. The van der Waals surface area contributed by atoms with E-state index in [1.54, 1.807) is 59.5 Å². The molecule has 0 radical (unpaired) electrons. The van der Waals surface area contributed by atoms with E-state index in [0.29, 0.717) is 29.8 Å². The molecule has 11 nitrogen and oxygen atoms in total. The molecule has 2 aromatic rings. The van der Waals surface area contributed by atoms with Gasteiger partial charge in [0.25, 0.3) is 5.91 Å². The predicted molar refractivity (Wildman–Crippen MR) is 142 cm³/mol. The molecule has 0 aromatic heterocycles. The highest BCUT2D eigenvalue weighted by atomic mass is 16.5. The molecule has 3 aliphatic rings. The third-order valence-electron chi connectivity index (χ3n) is 7.43. The number of hydrogen-bond acceptors (Lipinski definition) is 9. The maximum Gasteiger partial charge on any atom is 0.355 e. The molecule has 0 bridgehead atoms. The van der Waals surface area contributed by atoms with Gasteiger partial charge < -0.3 is 20.1 Å². The maximum absolute atomic E-state index is 13.2. The van der Waals surface area contributed by atoms with Gasteiger partial charge in [-0.3, -0.25) is 14.6 Å². The largest absolute Gasteiger partial charge is 0.466 e. The molecule has 3 amide bonds. The number of urea groups is 1. The van der Waals surface area contributed by atoms with Gasteiger partial charge >= 0.3 is 18.0 Å². The molecule has 2 fully saturated rings. The lowest BCUT2D eigenvalue weighted by Gasteiger charge is -2.36. The Hall–Kier alpha value is -5.11. The van der Waals surface area contributed by atoms with Crippen LogP contribution in [0.1, 0.15) is 29.9 Å². The number of amides is 3. The molecule has 2 saturated heterocycles. The molecule has 3 aliphatic heterocycles. The molecule has 2 aromatic carbocycles. The van der Waals surface area contributed by atoms with Gasteiger partial charge in [-0.1, -0.05) is 42.5 Å². The van der Waals surface area contributed by atoms with Crippen LogP contribution in [-0.4, -0.2) is 60.5 Å². The number of imide groups is 1. The lowest BCUT2D eigenvalue weighted by Crippen LogP contribution is -2.40. The van der Waals surface area contributed by atoms with Crippen molar-refractivity contribution in [1.29, 1.82) is 5.26 Å². The third-order valence-corrected chi connectivity index (χ3v) is 7.43. The quantitative estimate of drug-likeness (QED) is 0.430. The molecular weight excluding hydrogens is 514 g/mol. The number of carbonyl (C=O) groups excluding carboxylic acids is 4. The number of fused-ring (bicyclic) bond motifs is 1. The number of methoxy groups -OCH3 is 2. The van der Waals surface area contributed by atoms with Crippen molar-refractivity contribution in [3.8, 4) is 6.07 Å². The number of rotatable bonds is 6. The average Bonchev–Trinajstić information content (AvgIpc) is 3.56. The molecule has 2 N–H and O–H groups in total. The lowest BCUT2D eigenvalue weighted by molar-refractivity contribution is -0.139. The molecule has 2 unspecified atom stereocenters. The van der Waals surface area contributed by atoms with Crippen LogP contribution in [0.15, 0.2) is 77.3 Å². The van der Waals surface area contributed by atoms with E-state index < -0.39 is 23.9 Å². The molecule has 5 rings (SSSR count). The second-order valence-corrected chi connectivity index (χ2v) is 9.56. The van der Waals surface area contributed by atoms with Crippen LogP contribution >= 0.6 is 0 Å². The minimum absolute atomic E-state index is 0.0529. The normalized spacial score (nSPS) is 20.6. The summed E-state index contributed by atoms with van der Waals surface area (Å²) in [6.07, 6.45) is 1.48. The van der Waals surface area contributed by atoms with E-state index in [2.05, 4.69) is 6.07 Å². The van der Waals surface area contributed by atoms with Gasteiger partial charge in [-0.05, 0) is 36.1 Å². The van der Waals surface area contributed by atoms with Crippen molar-refractivity contribution in [3.63, 3.8) is 0 Å². The minimum Gasteiger partial charge on any atom is -0.466 e. The van der Waals surface area contributed by atoms with Crippen LogP contribution in [0, 0.1) is 11.3 Å². The number of carbonyl (C=O) groups is 4. The van der Waals surface area contributed by atoms with E-state index in [1.165, 1.54) is 24.0 Å². The minimum atomic E-state index is -0.968. The number of nitrogens with two attached hydrogens (primary N) is 1. The van der Waals surface area contributed by atoms with Gasteiger partial charge in [0.2, 0.25) is 0 Å². The standard InChI is InChI=1S/C29H27N5O6/c1-39-27(36)23-22(18-7-4-3-5-8-18)20(15-30)25(31)34(24(23)28(37)40-2)19-12-10-17(11-13-19)16-33-26(35)21-9-6-14-32(21)29(33)38/h3-5,7-8,10-13,21-22H,6,9,14,16,31H2,1-2H3. The predicted octanol–water partition coefficient (Wildman–Crippen LogP) is 2.51. The Kier molecular flexibility index (Phi) is 7.00. The van der Waals surface area contributed by atoms with Crippen molar-refractivity contribution in [2.45, 2.75) is 31.3 Å². The van der Waals surface area contributed by atoms with Gasteiger partial charge in [0.1, 0.15) is 17.6 Å². The fourth-order valence-corrected chi connectivity index (χ4v) is 5.54. The van der Waals surface area contributed by atoms with Crippen LogP contribution in [0.5, 0.6) is 0 Å². The molecule has 40 heavy (non-hydrogen) atoms. The molecular formula is C29H27N5O6. The summed E-state index contributed by atoms with van der Waals surface area (Å²) in [5.74, 6) is -2.89. The number of benzene rings is 2. The van der Waals surface area contributed by atoms with E-state index in [-0.39, 0.29) is 41.1 Å². The smallest absolute Gasteiger partial charge is 0.355 e. The van der Waals surface area contributed by atoms with Gasteiger partial charge in [-0.2, -0.15) is 5.26 Å².